The Balaban J connectivity index is 1.66. The van der Waals surface area contributed by atoms with Crippen molar-refractivity contribution in [2.75, 3.05) is 24.4 Å². The lowest BCUT2D eigenvalue weighted by Gasteiger charge is -2.36. The average Bonchev–Trinajstić information content (AvgIpc) is 3.42. The van der Waals surface area contributed by atoms with Crippen LogP contribution in [0.5, 0.6) is 5.88 Å². The van der Waals surface area contributed by atoms with Crippen LogP contribution in [0.1, 0.15) is 58.3 Å². The number of nitrogens with one attached hydrogen (secondary N) is 2. The number of rotatable bonds is 8. The number of hydrogen-bond donors (Lipinski definition) is 2. The van der Waals surface area contributed by atoms with E-state index in [9.17, 15) is 9.59 Å². The maximum absolute atomic E-state index is 13.4. The number of amides is 2. The molecule has 2 amide bonds. The third-order valence-electron chi connectivity index (χ3n) is 7.24. The summed E-state index contributed by atoms with van der Waals surface area (Å²) in [5, 5.41) is 10.8. The molecule has 13 heteroatoms. The number of carbonyl (C=O) groups excluding carboxylic acids is 2. The van der Waals surface area contributed by atoms with Crippen molar-refractivity contribution in [1.82, 2.24) is 24.9 Å². The van der Waals surface area contributed by atoms with Gasteiger partial charge in [-0.05, 0) is 57.5 Å². The van der Waals surface area contributed by atoms with Crippen molar-refractivity contribution in [3.8, 4) is 5.88 Å². The zero-order valence-electron chi connectivity index (χ0n) is 25.5. The van der Waals surface area contributed by atoms with E-state index in [1.165, 1.54) is 22.7 Å². The Labute approximate surface area is 241 Å². The van der Waals surface area contributed by atoms with Gasteiger partial charge in [-0.15, -0.1) is 0 Å². The van der Waals surface area contributed by atoms with E-state index in [0.717, 1.165) is 6.42 Å². The van der Waals surface area contributed by atoms with Gasteiger partial charge in [0.25, 0.3) is 5.91 Å². The Morgan fingerprint density at radius 1 is 1.17 bits per heavy atom. The number of aromatic nitrogens is 4. The van der Waals surface area contributed by atoms with Crippen LogP contribution >= 0.6 is 0 Å². The van der Waals surface area contributed by atoms with Crippen LogP contribution < -0.4 is 20.3 Å². The molecule has 41 heavy (non-hydrogen) atoms. The maximum Gasteiger partial charge on any atom is 0.415 e. The molecule has 1 saturated carbocycles. The van der Waals surface area contributed by atoms with E-state index < -0.39 is 20.0 Å². The molecule has 4 rings (SSSR count). The SMILES string of the molecule is COc1ncccc1Nc1cc(N(C)C(=O)OC(C)(C)C)n2ncc(C(=O)NC3CC3O[Si](C)(C)C(C)(C)C)c2n1. The molecule has 2 unspecified atom stereocenters. The molecule has 1 aliphatic carbocycles. The number of ether oxygens (including phenoxy) is 2. The number of pyridine rings is 1. The van der Waals surface area contributed by atoms with Crippen molar-refractivity contribution in [3.63, 3.8) is 0 Å². The minimum Gasteiger partial charge on any atom is -0.480 e. The highest BCUT2D eigenvalue weighted by molar-refractivity contribution is 6.74. The van der Waals surface area contributed by atoms with Crippen molar-refractivity contribution >= 4 is 43.3 Å². The van der Waals surface area contributed by atoms with E-state index in [1.54, 1.807) is 52.2 Å². The van der Waals surface area contributed by atoms with Crippen LogP contribution in [0.25, 0.3) is 5.65 Å². The minimum absolute atomic E-state index is 0.0150. The second kappa shape index (κ2) is 10.9. The molecular formula is C28H41N7O5Si. The quantitative estimate of drug-likeness (QED) is 0.346. The predicted octanol–water partition coefficient (Wildman–Crippen LogP) is 5.14. The fourth-order valence-electron chi connectivity index (χ4n) is 3.88. The number of hydrogen-bond acceptors (Lipinski definition) is 9. The number of carbonyl (C=O) groups is 2. The van der Waals surface area contributed by atoms with E-state index >= 15 is 0 Å². The average molecular weight is 584 g/mol. The van der Waals surface area contributed by atoms with Gasteiger partial charge < -0.3 is 24.5 Å². The summed E-state index contributed by atoms with van der Waals surface area (Å²) in [5.74, 6) is 0.749. The van der Waals surface area contributed by atoms with E-state index in [2.05, 4.69) is 59.6 Å². The summed E-state index contributed by atoms with van der Waals surface area (Å²) in [5.41, 5.74) is 0.392. The molecule has 0 radical (unpaired) electrons. The molecular weight excluding hydrogens is 542 g/mol. The third kappa shape index (κ3) is 6.79. The van der Waals surface area contributed by atoms with Crippen molar-refractivity contribution in [2.24, 2.45) is 0 Å². The van der Waals surface area contributed by atoms with Crippen LogP contribution in [0.15, 0.2) is 30.6 Å². The van der Waals surface area contributed by atoms with Gasteiger partial charge in [0.15, 0.2) is 14.0 Å². The number of anilines is 3. The van der Waals surface area contributed by atoms with Gasteiger partial charge in [0.05, 0.1) is 25.5 Å². The van der Waals surface area contributed by atoms with Gasteiger partial charge in [-0.2, -0.15) is 9.61 Å². The Kier molecular flexibility index (Phi) is 8.07. The molecule has 2 N–H and O–H groups in total. The monoisotopic (exact) mass is 583 g/mol. The largest absolute Gasteiger partial charge is 0.480 e. The molecule has 0 aromatic carbocycles. The van der Waals surface area contributed by atoms with E-state index in [0.29, 0.717) is 23.2 Å². The lowest BCUT2D eigenvalue weighted by molar-refractivity contribution is 0.0587. The van der Waals surface area contributed by atoms with E-state index in [4.69, 9.17) is 13.9 Å². The van der Waals surface area contributed by atoms with Crippen LogP contribution in [0.3, 0.4) is 0 Å². The molecule has 1 fully saturated rings. The van der Waals surface area contributed by atoms with Gasteiger partial charge in [-0.1, -0.05) is 20.8 Å². The van der Waals surface area contributed by atoms with Crippen molar-refractivity contribution in [2.45, 2.75) is 83.8 Å². The fourth-order valence-corrected chi connectivity index (χ4v) is 5.25. The Morgan fingerprint density at radius 2 is 1.88 bits per heavy atom. The topological polar surface area (TPSA) is 132 Å². The maximum atomic E-state index is 13.4. The molecule has 12 nitrogen and oxygen atoms in total. The molecule has 0 spiro atoms. The first kappa shape index (κ1) is 30.3. The lowest BCUT2D eigenvalue weighted by atomic mass is 10.2. The summed E-state index contributed by atoms with van der Waals surface area (Å²) in [6, 6.07) is 5.10. The summed E-state index contributed by atoms with van der Waals surface area (Å²) < 4.78 is 18.8. The highest BCUT2D eigenvalue weighted by Gasteiger charge is 2.47. The first-order valence-corrected chi connectivity index (χ1v) is 16.5. The summed E-state index contributed by atoms with van der Waals surface area (Å²) in [6.07, 6.45) is 3.22. The van der Waals surface area contributed by atoms with Crippen molar-refractivity contribution in [3.05, 3.63) is 36.2 Å². The van der Waals surface area contributed by atoms with Gasteiger partial charge in [0, 0.05) is 19.3 Å². The standard InChI is InChI=1S/C28H41N7O5Si/c1-27(2,3)39-26(37)34(7)22-15-21(31-18-12-11-13-29-25(18)38-8)33-23-17(16-30-35(22)23)24(36)32-19-14-20(19)40-41(9,10)28(4,5)6/h11-13,15-16,19-20H,14H2,1-10H3,(H,31,33)(H,32,36). The summed E-state index contributed by atoms with van der Waals surface area (Å²) in [6.45, 7) is 16.4. The smallest absolute Gasteiger partial charge is 0.415 e. The van der Waals surface area contributed by atoms with Crippen LogP contribution in [0, 0.1) is 0 Å². The van der Waals surface area contributed by atoms with Gasteiger partial charge in [-0.25, -0.2) is 14.8 Å². The number of nitrogens with zero attached hydrogens (tertiary/aromatic N) is 5. The molecule has 1 aliphatic rings. The second-order valence-corrected chi connectivity index (χ2v) is 17.5. The van der Waals surface area contributed by atoms with E-state index in [-0.39, 0.29) is 34.3 Å². The first-order chi connectivity index (χ1) is 19.0. The molecule has 3 heterocycles. The van der Waals surface area contributed by atoms with Crippen molar-refractivity contribution in [1.29, 1.82) is 0 Å². The highest BCUT2D eigenvalue weighted by Crippen LogP contribution is 2.41. The predicted molar refractivity (Wildman–Crippen MR) is 160 cm³/mol. The molecule has 3 aromatic heterocycles. The fraction of sp³-hybridized carbons (Fsp3) is 0.536. The number of methoxy groups -OCH3 is 1. The first-order valence-electron chi connectivity index (χ1n) is 13.6. The number of fused-ring (bicyclic) bond motifs is 1. The molecule has 3 aromatic rings. The normalized spacial score (nSPS) is 17.2. The van der Waals surface area contributed by atoms with Crippen LogP contribution in [-0.2, 0) is 9.16 Å². The zero-order chi connectivity index (χ0) is 30.3. The molecule has 0 bridgehead atoms. The summed E-state index contributed by atoms with van der Waals surface area (Å²) in [4.78, 5) is 36.7. The second-order valence-electron chi connectivity index (χ2n) is 12.8. The highest BCUT2D eigenvalue weighted by atomic mass is 28.4. The Morgan fingerprint density at radius 3 is 2.51 bits per heavy atom. The van der Waals surface area contributed by atoms with Crippen LogP contribution in [0.4, 0.5) is 22.1 Å². The van der Waals surface area contributed by atoms with Crippen LogP contribution in [0.2, 0.25) is 18.1 Å². The molecule has 2 atom stereocenters. The van der Waals surface area contributed by atoms with Gasteiger partial charge >= 0.3 is 6.09 Å². The molecule has 0 aliphatic heterocycles. The van der Waals surface area contributed by atoms with Gasteiger partial charge in [-0.3, -0.25) is 9.69 Å². The molecule has 222 valence electrons. The lowest BCUT2D eigenvalue weighted by Crippen LogP contribution is -2.42. The summed E-state index contributed by atoms with van der Waals surface area (Å²) in [7, 11) is 1.13. The minimum atomic E-state index is -1.96. The zero-order valence-corrected chi connectivity index (χ0v) is 26.5. The molecule has 0 saturated heterocycles. The van der Waals surface area contributed by atoms with Gasteiger partial charge in [0.2, 0.25) is 5.88 Å². The Bertz CT molecular complexity index is 1440. The van der Waals surface area contributed by atoms with Crippen molar-refractivity contribution < 1.29 is 23.5 Å². The summed E-state index contributed by atoms with van der Waals surface area (Å²) >= 11 is 0. The van der Waals surface area contributed by atoms with E-state index in [1.807, 2.05) is 0 Å². The third-order valence-corrected chi connectivity index (χ3v) is 11.7. The van der Waals surface area contributed by atoms with Crippen LogP contribution in [-0.4, -0.2) is 71.8 Å². The van der Waals surface area contributed by atoms with Gasteiger partial charge in [0.1, 0.15) is 28.5 Å². The Hall–Kier alpha value is -3.71.